The van der Waals surface area contributed by atoms with Gasteiger partial charge in [0, 0.05) is 40.0 Å². The normalized spacial score (nSPS) is 24.6. The van der Waals surface area contributed by atoms with Gasteiger partial charge in [0.15, 0.2) is 0 Å². The zero-order chi connectivity index (χ0) is 21.8. The molecule has 150 valence electrons. The topological polar surface area (TPSA) is 146 Å². The van der Waals surface area contributed by atoms with Gasteiger partial charge in [0.05, 0.1) is 17.1 Å². The van der Waals surface area contributed by atoms with Crippen molar-refractivity contribution in [2.75, 3.05) is 0 Å². The van der Waals surface area contributed by atoms with Gasteiger partial charge in [0.25, 0.3) is 0 Å². The van der Waals surface area contributed by atoms with E-state index in [1.807, 2.05) is 6.92 Å². The summed E-state index contributed by atoms with van der Waals surface area (Å²) < 4.78 is 51.0. The molecule has 8 nitrogen and oxygen atoms in total. The summed E-state index contributed by atoms with van der Waals surface area (Å²) in [5.41, 5.74) is -0.540. The Morgan fingerprint density at radius 1 is 0.929 bits per heavy atom. The molecule has 0 amide bonds. The van der Waals surface area contributed by atoms with Crippen LogP contribution in [-0.2, 0) is 71.0 Å². The maximum atomic E-state index is 11.7. The van der Waals surface area contributed by atoms with E-state index in [4.69, 9.17) is 32.6 Å². The van der Waals surface area contributed by atoms with E-state index in [9.17, 15) is 4.79 Å². The van der Waals surface area contributed by atoms with Gasteiger partial charge in [-0.2, -0.15) is 0 Å². The summed E-state index contributed by atoms with van der Waals surface area (Å²) in [4.78, 5) is 11.7. The molecule has 3 atom stereocenters. The van der Waals surface area contributed by atoms with Crippen LogP contribution >= 0.6 is 0 Å². The number of ketones is 1. The van der Waals surface area contributed by atoms with E-state index in [1.54, 1.807) is 0 Å². The molecule has 0 saturated carbocycles. The van der Waals surface area contributed by atoms with E-state index in [0.717, 1.165) is 19.3 Å². The molecule has 1 fully saturated rings. The van der Waals surface area contributed by atoms with Gasteiger partial charge in [0.1, 0.15) is 0 Å². The van der Waals surface area contributed by atoms with Crippen molar-refractivity contribution in [1.29, 1.82) is 0 Å². The quantitative estimate of drug-likeness (QED) is 0.171. The summed E-state index contributed by atoms with van der Waals surface area (Å²) in [5.74, 6) is 5.66. The molecule has 1 spiro atoms. The number of carbonyl (C=O) groups is 1. The second-order valence-corrected chi connectivity index (χ2v) is 4.63. The fourth-order valence-corrected chi connectivity index (χ4v) is 2.81. The third kappa shape index (κ3) is 11.3. The van der Waals surface area contributed by atoms with Gasteiger partial charge in [-0.1, -0.05) is 18.1 Å². The molecule has 0 aromatic carbocycles. The SMILES string of the molecule is C[C@@]12C=C[C@]3(CCC#CC(=O)C3C1)O2.[C-]#[O+].[C-]#[O+].[C-]#[O+].[C-]#[O+].[C-]#[O+].[C-]#[O+].[Co].[Co]. The Labute approximate surface area is 183 Å². The van der Waals surface area contributed by atoms with Crippen LogP contribution in [0.25, 0.3) is 0 Å². The minimum Gasteiger partial charge on any atom is 0 e. The average molecular weight is 474 g/mol. The monoisotopic (exact) mass is 474 g/mol. The van der Waals surface area contributed by atoms with Crippen molar-refractivity contribution in [3.8, 4) is 11.8 Å². The smallest absolute Gasteiger partial charge is 0 e. The number of hydrogen-bond donors (Lipinski definition) is 0. The summed E-state index contributed by atoms with van der Waals surface area (Å²) >= 11 is 0. The van der Waals surface area contributed by atoms with Gasteiger partial charge in [0.2, 0.25) is 5.78 Å². The number of rotatable bonds is 0. The van der Waals surface area contributed by atoms with E-state index >= 15 is 0 Å². The van der Waals surface area contributed by atoms with Crippen LogP contribution in [-0.4, -0.2) is 17.0 Å². The second kappa shape index (κ2) is 25.4. The van der Waals surface area contributed by atoms with E-state index < -0.39 is 0 Å². The van der Waals surface area contributed by atoms with Gasteiger partial charge < -0.3 is 4.74 Å². The van der Waals surface area contributed by atoms with E-state index in [-0.39, 0.29) is 56.5 Å². The Hall–Kier alpha value is -1.62. The maximum absolute atomic E-state index is 11.7. The molecule has 3 aliphatic rings. The molecular weight excluding hydrogens is 462 g/mol. The zero-order valence-corrected chi connectivity index (χ0v) is 16.4. The molecule has 1 aliphatic carbocycles. The fraction of sp³-hybridized carbons (Fsp3) is 0.389. The van der Waals surface area contributed by atoms with Crippen molar-refractivity contribution < 1.29 is 71.0 Å². The summed E-state index contributed by atoms with van der Waals surface area (Å²) in [5, 5.41) is 0. The Morgan fingerprint density at radius 2 is 1.36 bits per heavy atom. The Morgan fingerprint density at radius 3 is 1.75 bits per heavy atom. The van der Waals surface area contributed by atoms with Crippen LogP contribution in [0, 0.1) is 57.7 Å². The van der Waals surface area contributed by atoms with Crippen LogP contribution in [0.15, 0.2) is 12.2 Å². The molecule has 0 aromatic rings. The second-order valence-electron chi connectivity index (χ2n) is 4.63. The first-order valence-corrected chi connectivity index (χ1v) is 6.29. The van der Waals surface area contributed by atoms with Crippen LogP contribution in [0.3, 0.4) is 0 Å². The van der Waals surface area contributed by atoms with Crippen molar-refractivity contribution >= 4 is 5.78 Å². The van der Waals surface area contributed by atoms with Gasteiger partial charge >= 0.3 is 67.8 Å². The first-order chi connectivity index (χ1) is 12.6. The summed E-state index contributed by atoms with van der Waals surface area (Å²) in [7, 11) is 0. The molecule has 2 heterocycles. The number of hydrogen-bond acceptors (Lipinski definition) is 2. The number of fused-ring (bicyclic) bond motifs is 1. The minimum atomic E-state index is -0.331. The minimum absolute atomic E-state index is 0. The van der Waals surface area contributed by atoms with Crippen LogP contribution < -0.4 is 0 Å². The first kappa shape index (κ1) is 40.9. The standard InChI is InChI=1S/C12H12O2.6CO.2Co/c1-11-6-7-12(14-11)5-3-2-4-10(13)9(12)8-11;6*1-2;;/h6-7,9H,3,5,8H2,1H3;;;;;;;;/t9?,11-,12+;;;;;;;;/m1......../s1. The maximum Gasteiger partial charge on any atom is 0 e. The Kier molecular flexibility index (Phi) is 37.1. The molecule has 3 rings (SSSR count). The molecule has 2 aliphatic heterocycles. The molecule has 2 radical (unpaired) electrons. The molecule has 1 unspecified atom stereocenters. The largest absolute Gasteiger partial charge is 0 e. The molecule has 2 bridgehead atoms. The third-order valence-electron chi connectivity index (χ3n) is 3.51. The van der Waals surface area contributed by atoms with E-state index in [0.29, 0.717) is 0 Å². The third-order valence-corrected chi connectivity index (χ3v) is 3.51. The summed E-state index contributed by atoms with van der Waals surface area (Å²) in [6, 6.07) is 0. The summed E-state index contributed by atoms with van der Waals surface area (Å²) in [6.07, 6.45) is 6.61. The molecule has 1 saturated heterocycles. The molecule has 10 heteroatoms. The average Bonchev–Trinajstić information content (AvgIpc) is 3.20. The van der Waals surface area contributed by atoms with Crippen LogP contribution in [0.4, 0.5) is 0 Å². The fourth-order valence-electron chi connectivity index (χ4n) is 2.81. The molecule has 0 N–H and O–H groups in total. The van der Waals surface area contributed by atoms with Crippen LogP contribution in [0.1, 0.15) is 26.2 Å². The van der Waals surface area contributed by atoms with Crippen molar-refractivity contribution in [1.82, 2.24) is 0 Å². The van der Waals surface area contributed by atoms with Crippen molar-refractivity contribution in [3.63, 3.8) is 0 Å². The van der Waals surface area contributed by atoms with Crippen molar-refractivity contribution in [3.05, 3.63) is 52.1 Å². The van der Waals surface area contributed by atoms with Gasteiger partial charge in [-0.3, -0.25) is 4.79 Å². The van der Waals surface area contributed by atoms with E-state index in [2.05, 4.69) is 63.9 Å². The predicted octanol–water partition coefficient (Wildman–Crippen LogP) is 1.23. The van der Waals surface area contributed by atoms with Crippen molar-refractivity contribution in [2.24, 2.45) is 5.92 Å². The van der Waals surface area contributed by atoms with Crippen molar-refractivity contribution in [2.45, 2.75) is 37.4 Å². The Balaban J connectivity index is -0.0000000755. The van der Waals surface area contributed by atoms with Gasteiger partial charge in [-0.05, 0) is 25.7 Å². The Bertz CT molecular complexity index is 601. The molecule has 0 aromatic heterocycles. The first-order valence-electron chi connectivity index (χ1n) is 6.29. The van der Waals surface area contributed by atoms with Crippen LogP contribution in [0.2, 0.25) is 0 Å². The molecule has 28 heavy (non-hydrogen) atoms. The van der Waals surface area contributed by atoms with E-state index in [1.165, 1.54) is 0 Å². The summed E-state index contributed by atoms with van der Waals surface area (Å²) in [6.45, 7) is 29.0. The van der Waals surface area contributed by atoms with Gasteiger partial charge in [-0.15, -0.1) is 0 Å². The number of carbonyl (C=O) groups excluding carboxylic acids is 1. The zero-order valence-electron chi connectivity index (χ0n) is 14.3. The van der Waals surface area contributed by atoms with Gasteiger partial charge in [-0.25, -0.2) is 0 Å². The number of ether oxygens (including phenoxy) is 1. The van der Waals surface area contributed by atoms with Crippen LogP contribution in [0.5, 0.6) is 0 Å². The predicted molar refractivity (Wildman–Crippen MR) is 75.1 cm³/mol. The molecular formula is C18H12Co2O8. The number of Topliss-reactive ketones (excluding diaryl/α,β-unsaturated/α-hetero) is 1.